The van der Waals surface area contributed by atoms with E-state index in [1.54, 1.807) is 18.2 Å². The van der Waals surface area contributed by atoms with E-state index in [-0.39, 0.29) is 5.75 Å². The minimum Gasteiger partial charge on any atom is -0.507 e. The second kappa shape index (κ2) is 10.0. The second-order valence-electron chi connectivity index (χ2n) is 7.81. The van der Waals surface area contributed by atoms with Crippen LogP contribution in [0.15, 0.2) is 115 Å². The number of aromatic hydroxyl groups is 1. The molecule has 4 aromatic rings. The summed E-state index contributed by atoms with van der Waals surface area (Å²) in [4.78, 5) is 0. The zero-order valence-electron chi connectivity index (χ0n) is 17.6. The van der Waals surface area contributed by atoms with E-state index in [1.807, 2.05) is 96.8 Å². The molecule has 0 aliphatic carbocycles. The van der Waals surface area contributed by atoms with Crippen molar-refractivity contribution < 1.29 is 9.67 Å². The SMILES string of the molecule is O=P(/C=C(/c1ccccc1)c1cc(Cl)ccc1O)(Cc1ccccc1)Cc1ccccc1. The Labute approximate surface area is 194 Å². The van der Waals surface area contributed by atoms with E-state index < -0.39 is 7.14 Å². The number of phenols is 1. The highest BCUT2D eigenvalue weighted by Crippen LogP contribution is 2.56. The maximum Gasteiger partial charge on any atom is 0.123 e. The first-order valence-electron chi connectivity index (χ1n) is 10.5. The summed E-state index contributed by atoms with van der Waals surface area (Å²) in [5.41, 5.74) is 4.22. The van der Waals surface area contributed by atoms with Crippen LogP contribution in [0.3, 0.4) is 0 Å². The van der Waals surface area contributed by atoms with Crippen molar-refractivity contribution in [1.82, 2.24) is 0 Å². The molecule has 0 spiro atoms. The molecule has 160 valence electrons. The minimum absolute atomic E-state index is 0.107. The molecule has 0 radical (unpaired) electrons. The molecule has 32 heavy (non-hydrogen) atoms. The summed E-state index contributed by atoms with van der Waals surface area (Å²) < 4.78 is 14.5. The summed E-state index contributed by atoms with van der Waals surface area (Å²) in [5.74, 6) is 1.98. The summed E-state index contributed by atoms with van der Waals surface area (Å²) in [7, 11) is -2.90. The average Bonchev–Trinajstić information content (AvgIpc) is 2.81. The highest BCUT2D eigenvalue weighted by Gasteiger charge is 2.24. The molecule has 1 N–H and O–H groups in total. The Hall–Kier alpha value is -3.06. The Bertz CT molecular complexity index is 1210. The number of hydrogen-bond acceptors (Lipinski definition) is 2. The molecule has 0 aromatic heterocycles. The van der Waals surface area contributed by atoms with Crippen molar-refractivity contribution in [3.63, 3.8) is 0 Å². The third kappa shape index (κ3) is 5.59. The largest absolute Gasteiger partial charge is 0.507 e. The van der Waals surface area contributed by atoms with Gasteiger partial charge in [0.2, 0.25) is 0 Å². The fourth-order valence-corrected chi connectivity index (χ4v) is 6.69. The molecule has 0 fully saturated rings. The molecule has 2 nitrogen and oxygen atoms in total. The zero-order valence-corrected chi connectivity index (χ0v) is 19.2. The van der Waals surface area contributed by atoms with Gasteiger partial charge in [0, 0.05) is 22.9 Å². The van der Waals surface area contributed by atoms with Gasteiger partial charge in [0.25, 0.3) is 0 Å². The van der Waals surface area contributed by atoms with Crippen LogP contribution < -0.4 is 0 Å². The maximum atomic E-state index is 14.5. The fourth-order valence-electron chi connectivity index (χ4n) is 3.81. The minimum atomic E-state index is -2.90. The Balaban J connectivity index is 1.88. The highest BCUT2D eigenvalue weighted by molar-refractivity contribution is 7.65. The summed E-state index contributed by atoms with van der Waals surface area (Å²) >= 11 is 6.27. The van der Waals surface area contributed by atoms with Crippen LogP contribution in [-0.2, 0) is 16.9 Å². The Morgan fingerprint density at radius 3 is 1.78 bits per heavy atom. The van der Waals surface area contributed by atoms with Crippen molar-refractivity contribution >= 4 is 24.3 Å². The lowest BCUT2D eigenvalue weighted by Crippen LogP contribution is -1.95. The molecule has 4 aromatic carbocycles. The Kier molecular flexibility index (Phi) is 6.95. The van der Waals surface area contributed by atoms with Gasteiger partial charge in [-0.3, -0.25) is 0 Å². The standard InChI is InChI=1S/C28H24ClO2P/c29-25-16-17-28(30)26(18-25)27(24-14-8-3-9-15-24)21-32(31,19-22-10-4-1-5-11-22)20-23-12-6-2-7-13-23/h1-18,21,30H,19-20H2/b27-21-. The van der Waals surface area contributed by atoms with E-state index in [1.165, 1.54) is 0 Å². The summed E-state index contributed by atoms with van der Waals surface area (Å²) in [6.07, 6.45) is 0.862. The van der Waals surface area contributed by atoms with E-state index in [9.17, 15) is 9.67 Å². The molecule has 0 aliphatic heterocycles. The van der Waals surface area contributed by atoms with Gasteiger partial charge in [0.05, 0.1) is 0 Å². The van der Waals surface area contributed by atoms with Gasteiger partial charge in [0.1, 0.15) is 12.9 Å². The van der Waals surface area contributed by atoms with E-state index in [0.29, 0.717) is 22.9 Å². The van der Waals surface area contributed by atoms with Gasteiger partial charge in [-0.15, -0.1) is 0 Å². The molecule has 0 saturated carbocycles. The van der Waals surface area contributed by atoms with Crippen LogP contribution in [0.25, 0.3) is 5.57 Å². The van der Waals surface area contributed by atoms with Crippen LogP contribution in [0.1, 0.15) is 22.3 Å². The fraction of sp³-hybridized carbons (Fsp3) is 0.0714. The molecule has 0 aliphatic rings. The summed E-state index contributed by atoms with van der Waals surface area (Å²) in [5, 5.41) is 11.2. The van der Waals surface area contributed by atoms with Crippen LogP contribution in [0, 0.1) is 0 Å². The lowest BCUT2D eigenvalue weighted by molar-refractivity contribution is 0.473. The molecular weight excluding hydrogens is 435 g/mol. The Morgan fingerprint density at radius 1 is 0.750 bits per heavy atom. The number of rotatable bonds is 7. The number of halogens is 1. The Morgan fingerprint density at radius 2 is 1.25 bits per heavy atom. The van der Waals surface area contributed by atoms with Gasteiger partial charge in [-0.2, -0.15) is 0 Å². The van der Waals surface area contributed by atoms with Crippen LogP contribution in [0.2, 0.25) is 5.02 Å². The van der Waals surface area contributed by atoms with Crippen molar-refractivity contribution in [2.45, 2.75) is 12.3 Å². The van der Waals surface area contributed by atoms with Crippen molar-refractivity contribution in [2.75, 3.05) is 0 Å². The highest BCUT2D eigenvalue weighted by atomic mass is 35.5. The van der Waals surface area contributed by atoms with Crippen LogP contribution in [-0.4, -0.2) is 5.11 Å². The first-order valence-corrected chi connectivity index (χ1v) is 13.0. The summed E-state index contributed by atoms with van der Waals surface area (Å²) in [6, 6.07) is 34.5. The van der Waals surface area contributed by atoms with Crippen LogP contribution in [0.4, 0.5) is 0 Å². The summed E-state index contributed by atoms with van der Waals surface area (Å²) in [6.45, 7) is 0. The third-order valence-corrected chi connectivity index (χ3v) is 8.05. The molecule has 4 heteroatoms. The van der Waals surface area contributed by atoms with E-state index in [2.05, 4.69) is 0 Å². The van der Waals surface area contributed by atoms with Crippen LogP contribution in [0.5, 0.6) is 5.75 Å². The molecule has 0 heterocycles. The third-order valence-electron chi connectivity index (χ3n) is 5.28. The van der Waals surface area contributed by atoms with Crippen molar-refractivity contribution in [2.24, 2.45) is 0 Å². The van der Waals surface area contributed by atoms with Crippen LogP contribution >= 0.6 is 18.7 Å². The normalized spacial score (nSPS) is 12.0. The number of benzene rings is 4. The second-order valence-corrected chi connectivity index (χ2v) is 11.0. The molecular formula is C28H24ClO2P. The lowest BCUT2D eigenvalue weighted by Gasteiger charge is -2.19. The first-order chi connectivity index (χ1) is 15.5. The predicted octanol–water partition coefficient (Wildman–Crippen LogP) is 8.20. The van der Waals surface area contributed by atoms with Gasteiger partial charge in [-0.1, -0.05) is 103 Å². The quantitative estimate of drug-likeness (QED) is 0.283. The van der Waals surface area contributed by atoms with Gasteiger partial charge in [-0.05, 0) is 46.3 Å². The first kappa shape index (κ1) is 22.1. The molecule has 0 unspecified atom stereocenters. The lowest BCUT2D eigenvalue weighted by atomic mass is 9.99. The van der Waals surface area contributed by atoms with E-state index >= 15 is 0 Å². The van der Waals surface area contributed by atoms with Crippen molar-refractivity contribution in [3.8, 4) is 5.75 Å². The van der Waals surface area contributed by atoms with Gasteiger partial charge in [-0.25, -0.2) is 0 Å². The molecule has 0 bridgehead atoms. The number of phenolic OH excluding ortho intramolecular Hbond substituents is 1. The van der Waals surface area contributed by atoms with Gasteiger partial charge in [0.15, 0.2) is 0 Å². The monoisotopic (exact) mass is 458 g/mol. The van der Waals surface area contributed by atoms with Gasteiger partial charge >= 0.3 is 0 Å². The predicted molar refractivity (Wildman–Crippen MR) is 135 cm³/mol. The van der Waals surface area contributed by atoms with E-state index in [0.717, 1.165) is 22.3 Å². The van der Waals surface area contributed by atoms with Crippen molar-refractivity contribution in [3.05, 3.63) is 142 Å². The smallest absolute Gasteiger partial charge is 0.123 e. The van der Waals surface area contributed by atoms with Crippen molar-refractivity contribution in [1.29, 1.82) is 0 Å². The molecule has 4 rings (SSSR count). The average molecular weight is 459 g/mol. The van der Waals surface area contributed by atoms with Gasteiger partial charge < -0.3 is 9.67 Å². The maximum absolute atomic E-state index is 14.5. The molecule has 0 saturated heterocycles. The molecule has 0 atom stereocenters. The molecule has 0 amide bonds. The van der Waals surface area contributed by atoms with E-state index in [4.69, 9.17) is 11.6 Å². The number of hydrogen-bond donors (Lipinski definition) is 1. The zero-order chi connectivity index (χ0) is 22.4. The topological polar surface area (TPSA) is 37.3 Å².